The summed E-state index contributed by atoms with van der Waals surface area (Å²) in [6.07, 6.45) is 0. The third-order valence-electron chi connectivity index (χ3n) is 15.3. The molecule has 0 radical (unpaired) electrons. The van der Waals surface area contributed by atoms with Crippen LogP contribution in [0.2, 0.25) is 0 Å². The van der Waals surface area contributed by atoms with Gasteiger partial charge in [-0.15, -0.1) is 21.9 Å². The molecule has 0 aliphatic heterocycles. The van der Waals surface area contributed by atoms with Gasteiger partial charge in [-0.05, 0) is 38.8 Å². The van der Waals surface area contributed by atoms with Crippen molar-refractivity contribution in [3.63, 3.8) is 0 Å². The molecule has 0 fully saturated rings. The van der Waals surface area contributed by atoms with E-state index in [4.69, 9.17) is 19.4 Å². The summed E-state index contributed by atoms with van der Waals surface area (Å²) in [4.78, 5) is 15.7. The molecule has 0 N–H and O–H groups in total. The maximum Gasteiger partial charge on any atom is 0.164 e. The van der Waals surface area contributed by atoms with E-state index in [0.717, 1.165) is 44.3 Å². The topological polar surface area (TPSA) is 51.8 Å². The monoisotopic (exact) mass is 807 g/mol. The zero-order valence-electron chi connectivity index (χ0n) is 40.3. The Morgan fingerprint density at radius 2 is 0.594 bits per heavy atom. The average Bonchev–Trinajstić information content (AvgIpc) is 3.72. The third kappa shape index (κ3) is 6.71. The van der Waals surface area contributed by atoms with Crippen LogP contribution in [0.4, 0.5) is 0 Å². The lowest BCUT2D eigenvalue weighted by Crippen LogP contribution is -2.55. The number of benzene rings is 7. The van der Waals surface area contributed by atoms with Crippen LogP contribution in [0.3, 0.4) is 0 Å². The Labute approximate surface area is 391 Å². The molecule has 0 saturated heterocycles. The minimum Gasteiger partial charge on any atom is -0.457 e. The van der Waals surface area contributed by atoms with E-state index in [1.54, 1.807) is 0 Å². The van der Waals surface area contributed by atoms with E-state index >= 15 is 0 Å². The largest absolute Gasteiger partial charge is 0.457 e. The number of hydrogen-bond acceptors (Lipinski definition) is 4. The van der Waals surface area contributed by atoms with Crippen molar-refractivity contribution in [2.75, 3.05) is 0 Å². The molecule has 9 aromatic rings. The molecule has 4 nitrogen and oxygen atoms in total. The zero-order valence-corrected chi connectivity index (χ0v) is 40.3. The molecule has 2 aromatic heterocycles. The van der Waals surface area contributed by atoms with Crippen molar-refractivity contribution in [2.45, 2.75) is 0 Å². The van der Waals surface area contributed by atoms with Crippen molar-refractivity contribution in [1.29, 1.82) is 0 Å². The molecule has 0 saturated carbocycles. The second-order valence-electron chi connectivity index (χ2n) is 18.4. The predicted octanol–water partition coefficient (Wildman–Crippen LogP) is -14.4. The number of rotatable bonds is 6. The standard InChI is InChI=1S/C45H44B15N3O/c46-26-19(21-29(49)35(55)38(58)36(56)30(21)50)20-24-31(51)37(57)39(59)40(60)42(24)64-41(20)34(54)22(26)23-27(47)32(52)25(33(53)28(23)48)45-62-43(17-9-5-2-6-10-17)61-44(63-45)18-13-11-16(12-14-18)15-7-3-1-4-8-15/h1-14H,46-60H2. The first-order valence-corrected chi connectivity index (χ1v) is 22.6. The number of fused-ring (bicyclic) bond motifs is 3. The van der Waals surface area contributed by atoms with Gasteiger partial charge < -0.3 is 4.42 Å². The van der Waals surface area contributed by atoms with Gasteiger partial charge in [0.15, 0.2) is 17.5 Å². The molecule has 19 heteroatoms. The first kappa shape index (κ1) is 43.6. The average molecular weight is 805 g/mol. The van der Waals surface area contributed by atoms with Gasteiger partial charge in [-0.2, -0.15) is 0 Å². The van der Waals surface area contributed by atoms with Crippen molar-refractivity contribution in [3.05, 3.63) is 84.9 Å². The lowest BCUT2D eigenvalue weighted by atomic mass is 9.57. The number of furan rings is 1. The van der Waals surface area contributed by atoms with Gasteiger partial charge in [0, 0.05) is 27.5 Å². The van der Waals surface area contributed by atoms with Crippen molar-refractivity contribution in [1.82, 2.24) is 15.0 Å². The Balaban J connectivity index is 1.33. The first-order chi connectivity index (χ1) is 30.5. The molecule has 7 aromatic carbocycles. The van der Waals surface area contributed by atoms with Crippen molar-refractivity contribution in [3.8, 4) is 67.5 Å². The first-order valence-electron chi connectivity index (χ1n) is 22.6. The molecule has 290 valence electrons. The van der Waals surface area contributed by atoms with Gasteiger partial charge in [0.1, 0.15) is 129 Å². The maximum absolute atomic E-state index is 7.22. The summed E-state index contributed by atoms with van der Waals surface area (Å²) in [5.41, 5.74) is 31.4. The fourth-order valence-corrected chi connectivity index (χ4v) is 10.5. The summed E-state index contributed by atoms with van der Waals surface area (Å²) in [6, 6.07) is 29.3. The molecule has 9 rings (SSSR count). The second kappa shape index (κ2) is 16.4. The highest BCUT2D eigenvalue weighted by molar-refractivity contribution is 6.72. The van der Waals surface area contributed by atoms with Crippen LogP contribution in [0.5, 0.6) is 0 Å². The van der Waals surface area contributed by atoms with Crippen LogP contribution in [0.25, 0.3) is 89.5 Å². The van der Waals surface area contributed by atoms with E-state index < -0.39 is 0 Å². The number of aromatic nitrogens is 3. The summed E-state index contributed by atoms with van der Waals surface area (Å²) < 4.78 is 7.22. The van der Waals surface area contributed by atoms with Gasteiger partial charge in [-0.3, -0.25) is 0 Å². The predicted molar refractivity (Wildman–Crippen MR) is 322 cm³/mol. The van der Waals surface area contributed by atoms with Crippen molar-refractivity contribution >= 4 is 222 Å². The maximum atomic E-state index is 7.22. The van der Waals surface area contributed by atoms with E-state index in [0.29, 0.717) is 17.5 Å². The van der Waals surface area contributed by atoms with E-state index in [1.807, 2.05) is 24.3 Å². The smallest absolute Gasteiger partial charge is 0.164 e. The molecule has 64 heavy (non-hydrogen) atoms. The zero-order chi connectivity index (χ0) is 45.6. The Morgan fingerprint density at radius 1 is 0.250 bits per heavy atom. The molecule has 0 unspecified atom stereocenters. The minimum absolute atomic E-state index is 0.652. The van der Waals surface area contributed by atoms with Crippen LogP contribution in [-0.4, -0.2) is 133 Å². The second-order valence-corrected chi connectivity index (χ2v) is 18.4. The highest BCUT2D eigenvalue weighted by Gasteiger charge is 2.29. The van der Waals surface area contributed by atoms with Gasteiger partial charge in [-0.25, -0.2) is 15.0 Å². The molecule has 0 spiro atoms. The Hall–Kier alpha value is -5.68. The SMILES string of the molecule is Bc1c(B)c(B)c(-c2c(B)c(-c3c(B)c(B)c(-c4nc(-c5ccccc5)nc(-c5ccc(-c6ccccc6)cc5)n4)c(B)c3B)c(B)c3oc4c(B)c(B)c(B)c(B)c4c23)c(B)c1B. The molecular formula is C45H44B15N3O. The van der Waals surface area contributed by atoms with Crippen LogP contribution >= 0.6 is 0 Å². The molecule has 0 bridgehead atoms. The summed E-state index contributed by atoms with van der Waals surface area (Å²) >= 11 is 0. The summed E-state index contributed by atoms with van der Waals surface area (Å²) in [5.74, 6) is 1.99. The fourth-order valence-electron chi connectivity index (χ4n) is 10.5. The van der Waals surface area contributed by atoms with E-state index in [-0.39, 0.29) is 0 Å². The Morgan fingerprint density at radius 3 is 1.14 bits per heavy atom. The van der Waals surface area contributed by atoms with Crippen LogP contribution in [0.15, 0.2) is 89.3 Å². The highest BCUT2D eigenvalue weighted by atomic mass is 16.3. The third-order valence-corrected chi connectivity index (χ3v) is 15.3. The number of nitrogens with zero attached hydrogens (tertiary/aromatic N) is 3. The molecule has 0 aliphatic rings. The quantitative estimate of drug-likeness (QED) is 0.157. The highest BCUT2D eigenvalue weighted by Crippen LogP contribution is 2.34. The number of hydrogen-bond donors (Lipinski definition) is 0. The molecule has 2 heterocycles. The van der Waals surface area contributed by atoms with Crippen LogP contribution in [0.1, 0.15) is 0 Å². The van der Waals surface area contributed by atoms with Crippen LogP contribution < -0.4 is 81.9 Å². The van der Waals surface area contributed by atoms with Gasteiger partial charge in [-0.1, -0.05) is 140 Å². The summed E-state index contributed by atoms with van der Waals surface area (Å²) in [7, 11) is 34.1. The van der Waals surface area contributed by atoms with Gasteiger partial charge >= 0.3 is 0 Å². The van der Waals surface area contributed by atoms with Crippen LogP contribution in [0, 0.1) is 0 Å². The van der Waals surface area contributed by atoms with Gasteiger partial charge in [0.25, 0.3) is 0 Å². The van der Waals surface area contributed by atoms with E-state index in [1.165, 1.54) is 110 Å². The van der Waals surface area contributed by atoms with Crippen LogP contribution in [-0.2, 0) is 0 Å². The Bertz CT molecular complexity index is 3380. The Kier molecular flexibility index (Phi) is 11.2. The lowest BCUT2D eigenvalue weighted by molar-refractivity contribution is 0.675. The summed E-state index contributed by atoms with van der Waals surface area (Å²) in [6.45, 7) is 0. The normalized spacial score (nSPS) is 11.4. The lowest BCUT2D eigenvalue weighted by Gasteiger charge is -2.28. The van der Waals surface area contributed by atoms with Gasteiger partial charge in [0.05, 0.1) is 0 Å². The molecule has 0 aliphatic carbocycles. The van der Waals surface area contributed by atoms with Gasteiger partial charge in [0.2, 0.25) is 0 Å². The molecule has 0 amide bonds. The van der Waals surface area contributed by atoms with Crippen molar-refractivity contribution in [2.24, 2.45) is 0 Å². The van der Waals surface area contributed by atoms with E-state index in [9.17, 15) is 0 Å². The minimum atomic E-state index is 0.652. The van der Waals surface area contributed by atoms with Crippen molar-refractivity contribution < 1.29 is 4.42 Å². The molecular weight excluding hydrogens is 761 g/mol. The fraction of sp³-hybridized carbons (Fsp3) is 0. The van der Waals surface area contributed by atoms with E-state index in [2.05, 4.69) is 178 Å². The summed E-state index contributed by atoms with van der Waals surface area (Å²) in [5, 5.41) is 2.47. The molecule has 0 atom stereocenters.